The average Bonchev–Trinajstić information content (AvgIpc) is 2.03. The van der Waals surface area contributed by atoms with Crippen molar-refractivity contribution < 1.29 is 68.5 Å². The van der Waals surface area contributed by atoms with Crippen molar-refractivity contribution >= 4 is 16.2 Å². The summed E-state index contributed by atoms with van der Waals surface area (Å²) in [6.07, 6.45) is 0. The van der Waals surface area contributed by atoms with E-state index in [1.165, 1.54) is 0 Å². The van der Waals surface area contributed by atoms with Crippen LogP contribution in [0.25, 0.3) is 5.76 Å². The summed E-state index contributed by atoms with van der Waals surface area (Å²) in [6, 6.07) is 8.30. The van der Waals surface area contributed by atoms with Gasteiger partial charge >= 0.3 is 51.4 Å². The van der Waals surface area contributed by atoms with Crippen LogP contribution < -0.4 is 51.4 Å². The van der Waals surface area contributed by atoms with Crippen LogP contribution in [-0.2, 0) is 14.6 Å². The molecular weight excluding hydrogens is 231 g/mol. The first-order valence-electron chi connectivity index (χ1n) is 3.39. The minimum Gasteiger partial charge on any atom is -0.716 e. The molecule has 1 aromatic rings. The predicted molar refractivity (Wildman–Crippen MR) is 46.3 cm³/mol. The van der Waals surface area contributed by atoms with Crippen molar-refractivity contribution in [1.29, 1.82) is 0 Å². The van der Waals surface area contributed by atoms with E-state index in [0.29, 0.717) is 5.56 Å². The van der Waals surface area contributed by atoms with E-state index in [2.05, 4.69) is 10.8 Å². The third-order valence-electron chi connectivity index (χ3n) is 1.30. The second-order valence-corrected chi connectivity index (χ2v) is 3.26. The molecule has 0 heterocycles. The topological polar surface area (TPSA) is 66.4 Å². The van der Waals surface area contributed by atoms with Gasteiger partial charge in [-0.15, -0.1) is 0 Å². The number of rotatable bonds is 3. The second-order valence-electron chi connectivity index (χ2n) is 2.28. The van der Waals surface area contributed by atoms with E-state index in [-0.39, 0.29) is 57.1 Å². The Labute approximate surface area is 125 Å². The second kappa shape index (κ2) is 6.01. The molecule has 0 aliphatic rings. The van der Waals surface area contributed by atoms with Crippen LogP contribution >= 0.6 is 0 Å². The molecule has 0 unspecified atom stereocenters. The van der Waals surface area contributed by atoms with E-state index < -0.39 is 10.4 Å². The molecule has 14 heavy (non-hydrogen) atoms. The Hall–Kier alpha value is 0.306. The molecule has 0 aliphatic carbocycles. The first kappa shape index (κ1) is 14.3. The minimum absolute atomic E-state index is 0. The van der Waals surface area contributed by atoms with Crippen LogP contribution in [0.5, 0.6) is 0 Å². The SMILES string of the molecule is C=C(OS(=O)(=O)[O-])c1ccccc1.[K+]. The molecule has 0 aromatic heterocycles. The summed E-state index contributed by atoms with van der Waals surface area (Å²) in [7, 11) is -4.72. The van der Waals surface area contributed by atoms with Gasteiger partial charge in [-0.1, -0.05) is 36.9 Å². The Morgan fingerprint density at radius 1 is 1.29 bits per heavy atom. The maximum Gasteiger partial charge on any atom is 1.00 e. The maximum absolute atomic E-state index is 10.2. The molecule has 1 aromatic carbocycles. The average molecular weight is 238 g/mol. The fourth-order valence-electron chi connectivity index (χ4n) is 0.795. The van der Waals surface area contributed by atoms with Gasteiger partial charge in [0.1, 0.15) is 5.76 Å². The molecule has 4 nitrogen and oxygen atoms in total. The molecule has 1 rings (SSSR count). The molecule has 0 atom stereocenters. The van der Waals surface area contributed by atoms with Crippen LogP contribution in [0.2, 0.25) is 0 Å². The third-order valence-corrected chi connectivity index (χ3v) is 1.70. The first-order chi connectivity index (χ1) is 5.99. The molecule has 0 saturated heterocycles. The van der Waals surface area contributed by atoms with Crippen molar-refractivity contribution in [2.45, 2.75) is 0 Å². The van der Waals surface area contributed by atoms with Gasteiger partial charge < -0.3 is 8.74 Å². The molecule has 0 bridgehead atoms. The molecule has 0 N–H and O–H groups in total. The molecule has 0 saturated carbocycles. The first-order valence-corrected chi connectivity index (χ1v) is 4.72. The van der Waals surface area contributed by atoms with Crippen LogP contribution in [-0.4, -0.2) is 13.0 Å². The molecule has 0 radical (unpaired) electrons. The van der Waals surface area contributed by atoms with Gasteiger partial charge in [-0.2, -0.15) is 0 Å². The zero-order chi connectivity index (χ0) is 9.90. The monoisotopic (exact) mass is 238 g/mol. The van der Waals surface area contributed by atoms with E-state index in [4.69, 9.17) is 0 Å². The Balaban J connectivity index is 0.00000169. The van der Waals surface area contributed by atoms with Crippen molar-refractivity contribution in [1.82, 2.24) is 0 Å². The van der Waals surface area contributed by atoms with E-state index in [0.717, 1.165) is 0 Å². The minimum atomic E-state index is -4.72. The smallest absolute Gasteiger partial charge is 0.716 e. The zero-order valence-corrected chi connectivity index (χ0v) is 11.6. The molecular formula is C8H7KO4S. The van der Waals surface area contributed by atoms with Crippen LogP contribution in [0.4, 0.5) is 0 Å². The Morgan fingerprint density at radius 2 is 1.79 bits per heavy atom. The summed E-state index contributed by atoms with van der Waals surface area (Å²) in [5.74, 6) is -0.171. The van der Waals surface area contributed by atoms with Gasteiger partial charge in [0.05, 0.1) is 0 Å². The van der Waals surface area contributed by atoms with E-state index in [1.54, 1.807) is 30.3 Å². The summed E-state index contributed by atoms with van der Waals surface area (Å²) in [5.41, 5.74) is 0.460. The number of hydrogen-bond acceptors (Lipinski definition) is 4. The van der Waals surface area contributed by atoms with Gasteiger partial charge in [0.25, 0.3) is 10.4 Å². The summed E-state index contributed by atoms with van der Waals surface area (Å²) >= 11 is 0. The molecule has 0 aliphatic heterocycles. The van der Waals surface area contributed by atoms with E-state index in [9.17, 15) is 13.0 Å². The molecule has 70 valence electrons. The third kappa shape index (κ3) is 5.25. The maximum atomic E-state index is 10.2. The standard InChI is InChI=1S/C8H8O4S.K/c1-7(12-13(9,10)11)8-5-3-2-4-6-8;/h2-6H,1H2,(H,9,10,11);/q;+1/p-1. The van der Waals surface area contributed by atoms with Gasteiger partial charge in [0, 0.05) is 5.56 Å². The molecule has 0 amide bonds. The fourth-order valence-corrected chi connectivity index (χ4v) is 1.14. The van der Waals surface area contributed by atoms with Gasteiger partial charge in [0.15, 0.2) is 0 Å². The van der Waals surface area contributed by atoms with Crippen molar-refractivity contribution in [3.05, 3.63) is 42.5 Å². The summed E-state index contributed by atoms with van der Waals surface area (Å²) < 4.78 is 34.6. The molecule has 6 heteroatoms. The fraction of sp³-hybridized carbons (Fsp3) is 0. The Bertz CT molecular complexity index is 399. The predicted octanol–water partition coefficient (Wildman–Crippen LogP) is -1.86. The normalized spacial score (nSPS) is 10.1. The largest absolute Gasteiger partial charge is 1.00 e. The molecule has 0 fully saturated rings. The van der Waals surface area contributed by atoms with Gasteiger partial charge in [-0.3, -0.25) is 0 Å². The van der Waals surface area contributed by atoms with Crippen molar-refractivity contribution in [3.8, 4) is 0 Å². The van der Waals surface area contributed by atoms with Gasteiger partial charge in [-0.05, 0) is 0 Å². The van der Waals surface area contributed by atoms with E-state index in [1.807, 2.05) is 0 Å². The quantitative estimate of drug-likeness (QED) is 0.268. The Morgan fingerprint density at radius 3 is 2.21 bits per heavy atom. The van der Waals surface area contributed by atoms with Gasteiger partial charge in [-0.25, -0.2) is 8.42 Å². The van der Waals surface area contributed by atoms with Crippen molar-refractivity contribution in [2.24, 2.45) is 0 Å². The van der Waals surface area contributed by atoms with Crippen molar-refractivity contribution in [2.75, 3.05) is 0 Å². The van der Waals surface area contributed by atoms with Crippen LogP contribution in [0.3, 0.4) is 0 Å². The van der Waals surface area contributed by atoms with Crippen LogP contribution in [0.15, 0.2) is 36.9 Å². The van der Waals surface area contributed by atoms with Gasteiger partial charge in [0.2, 0.25) is 0 Å². The summed E-state index contributed by atoms with van der Waals surface area (Å²) in [6.45, 7) is 3.31. The van der Waals surface area contributed by atoms with Crippen LogP contribution in [0, 0.1) is 0 Å². The number of benzene rings is 1. The van der Waals surface area contributed by atoms with Crippen molar-refractivity contribution in [3.63, 3.8) is 0 Å². The molecule has 0 spiro atoms. The zero-order valence-electron chi connectivity index (χ0n) is 7.64. The van der Waals surface area contributed by atoms with Crippen LogP contribution in [0.1, 0.15) is 5.56 Å². The van der Waals surface area contributed by atoms with E-state index >= 15 is 0 Å². The summed E-state index contributed by atoms with van der Waals surface area (Å²) in [5, 5.41) is 0. The number of hydrogen-bond donors (Lipinski definition) is 0. The Kier molecular flexibility index (Phi) is 6.14. The summed E-state index contributed by atoms with van der Waals surface area (Å²) in [4.78, 5) is 0.